The maximum absolute atomic E-state index is 10.8. The summed E-state index contributed by atoms with van der Waals surface area (Å²) in [5.74, 6) is -3.00. The molecular formula is C6H12N2O6. The highest BCUT2D eigenvalue weighted by molar-refractivity contribution is 5.84. The summed E-state index contributed by atoms with van der Waals surface area (Å²) in [5, 5.41) is 25.8. The number of carbonyl (C=O) groups excluding carboxylic acids is 1. The van der Waals surface area contributed by atoms with Gasteiger partial charge in [0.2, 0.25) is 0 Å². The Hall–Kier alpha value is -1.22. The highest BCUT2D eigenvalue weighted by Crippen LogP contribution is 1.95. The van der Waals surface area contributed by atoms with Crippen molar-refractivity contribution in [1.82, 2.24) is 5.48 Å². The number of hydrogen-bond donors (Lipinski definition) is 5. The average Bonchev–Trinajstić information content (AvgIpc) is 2.15. The molecule has 8 nitrogen and oxygen atoms in total. The highest BCUT2D eigenvalue weighted by Gasteiger charge is 2.31. The number of rotatable bonds is 6. The lowest BCUT2D eigenvalue weighted by Crippen LogP contribution is -2.42. The second-order valence-electron chi connectivity index (χ2n) is 2.33. The van der Waals surface area contributed by atoms with E-state index in [-0.39, 0.29) is 13.1 Å². The molecule has 0 heterocycles. The molecule has 0 aliphatic heterocycles. The minimum Gasteiger partial charge on any atom is -0.479 e. The molecule has 2 unspecified atom stereocenters. The Balaban J connectivity index is 3.92. The quantitative estimate of drug-likeness (QED) is 0.227. The SMILES string of the molecule is NCCNOC(=O)C(O)C(O)C(=O)O. The number of aliphatic hydroxyl groups is 2. The number of hydrogen-bond acceptors (Lipinski definition) is 7. The summed E-state index contributed by atoms with van der Waals surface area (Å²) in [6, 6.07) is 0. The van der Waals surface area contributed by atoms with Crippen molar-refractivity contribution in [2.75, 3.05) is 13.1 Å². The largest absolute Gasteiger partial charge is 0.479 e. The zero-order valence-electron chi connectivity index (χ0n) is 7.21. The van der Waals surface area contributed by atoms with Gasteiger partial charge in [0.15, 0.2) is 12.2 Å². The molecule has 0 saturated carbocycles. The van der Waals surface area contributed by atoms with Crippen LogP contribution >= 0.6 is 0 Å². The maximum atomic E-state index is 10.8. The van der Waals surface area contributed by atoms with Crippen molar-refractivity contribution in [2.24, 2.45) is 5.73 Å². The standard InChI is InChI=1S/C6H12N2O6/c7-1-2-8-14-6(13)4(10)3(9)5(11)12/h3-4,8-10H,1-2,7H2,(H,11,12). The van der Waals surface area contributed by atoms with Gasteiger partial charge in [-0.1, -0.05) is 0 Å². The van der Waals surface area contributed by atoms with Crippen LogP contribution in [0, 0.1) is 0 Å². The molecule has 82 valence electrons. The lowest BCUT2D eigenvalue weighted by Gasteiger charge is -2.12. The van der Waals surface area contributed by atoms with Gasteiger partial charge in [0, 0.05) is 13.1 Å². The van der Waals surface area contributed by atoms with Crippen LogP contribution < -0.4 is 11.2 Å². The van der Waals surface area contributed by atoms with Crippen LogP contribution in [0.15, 0.2) is 0 Å². The van der Waals surface area contributed by atoms with Crippen LogP contribution in [0.1, 0.15) is 0 Å². The van der Waals surface area contributed by atoms with Crippen molar-refractivity contribution in [1.29, 1.82) is 0 Å². The van der Waals surface area contributed by atoms with E-state index in [0.29, 0.717) is 0 Å². The molecule has 0 aromatic carbocycles. The van der Waals surface area contributed by atoms with E-state index in [9.17, 15) is 9.59 Å². The topological polar surface area (TPSA) is 142 Å². The maximum Gasteiger partial charge on any atom is 0.356 e. The van der Waals surface area contributed by atoms with Gasteiger partial charge in [-0.3, -0.25) is 0 Å². The van der Waals surface area contributed by atoms with Crippen LogP contribution in [0.4, 0.5) is 0 Å². The number of nitrogens with two attached hydrogens (primary N) is 1. The Bertz CT molecular complexity index is 208. The third-order valence-electron chi connectivity index (χ3n) is 1.21. The number of carboxylic acid groups (broad SMARTS) is 1. The van der Waals surface area contributed by atoms with Gasteiger partial charge in [-0.2, -0.15) is 5.48 Å². The zero-order valence-corrected chi connectivity index (χ0v) is 7.21. The zero-order chi connectivity index (χ0) is 11.1. The first-order valence-electron chi connectivity index (χ1n) is 3.73. The number of aliphatic hydroxyl groups excluding tert-OH is 2. The number of aliphatic carboxylic acids is 1. The van der Waals surface area contributed by atoms with Gasteiger partial charge in [0.1, 0.15) is 0 Å². The Kier molecular flexibility index (Phi) is 5.72. The smallest absolute Gasteiger partial charge is 0.356 e. The number of hydroxylamine groups is 1. The van der Waals surface area contributed by atoms with Crippen molar-refractivity contribution >= 4 is 11.9 Å². The molecule has 0 aliphatic carbocycles. The van der Waals surface area contributed by atoms with Gasteiger partial charge in [-0.05, 0) is 0 Å². The molecule has 0 rings (SSSR count). The fraction of sp³-hybridized carbons (Fsp3) is 0.667. The number of carbonyl (C=O) groups is 2. The van der Waals surface area contributed by atoms with Gasteiger partial charge >= 0.3 is 11.9 Å². The Labute approximate surface area is 79.2 Å². The van der Waals surface area contributed by atoms with Crippen LogP contribution in [0.3, 0.4) is 0 Å². The molecule has 0 spiro atoms. The summed E-state index contributed by atoms with van der Waals surface area (Å²) < 4.78 is 0. The van der Waals surface area contributed by atoms with Crippen molar-refractivity contribution in [3.8, 4) is 0 Å². The lowest BCUT2D eigenvalue weighted by molar-refractivity contribution is -0.174. The molecule has 0 radical (unpaired) electrons. The molecule has 8 heteroatoms. The van der Waals surface area contributed by atoms with E-state index >= 15 is 0 Å². The van der Waals surface area contributed by atoms with Crippen LogP contribution in [0.25, 0.3) is 0 Å². The summed E-state index contributed by atoms with van der Waals surface area (Å²) in [6.45, 7) is 0.354. The monoisotopic (exact) mass is 208 g/mol. The molecule has 0 bridgehead atoms. The van der Waals surface area contributed by atoms with E-state index in [1.54, 1.807) is 0 Å². The first kappa shape index (κ1) is 12.8. The Morgan fingerprint density at radius 1 is 1.36 bits per heavy atom. The minimum atomic E-state index is -2.21. The summed E-state index contributed by atoms with van der Waals surface area (Å²) >= 11 is 0. The molecule has 0 aromatic heterocycles. The highest BCUT2D eigenvalue weighted by atomic mass is 16.7. The van der Waals surface area contributed by atoms with Crippen molar-refractivity contribution in [3.05, 3.63) is 0 Å². The average molecular weight is 208 g/mol. The Morgan fingerprint density at radius 3 is 2.36 bits per heavy atom. The number of carboxylic acids is 1. The first-order chi connectivity index (χ1) is 6.50. The van der Waals surface area contributed by atoms with Crippen LogP contribution in [-0.2, 0) is 14.4 Å². The third-order valence-corrected chi connectivity index (χ3v) is 1.21. The Morgan fingerprint density at radius 2 is 1.93 bits per heavy atom. The van der Waals surface area contributed by atoms with Crippen molar-refractivity contribution < 1.29 is 29.7 Å². The molecule has 0 amide bonds. The first-order valence-corrected chi connectivity index (χ1v) is 3.73. The van der Waals surface area contributed by atoms with E-state index in [2.05, 4.69) is 10.3 Å². The van der Waals surface area contributed by atoms with Crippen LogP contribution in [0.5, 0.6) is 0 Å². The molecular weight excluding hydrogens is 196 g/mol. The molecule has 0 aromatic rings. The van der Waals surface area contributed by atoms with Crippen molar-refractivity contribution in [3.63, 3.8) is 0 Å². The predicted molar refractivity (Wildman–Crippen MR) is 42.8 cm³/mol. The summed E-state index contributed by atoms with van der Waals surface area (Å²) in [6.07, 6.45) is -4.33. The molecule has 0 aliphatic rings. The van der Waals surface area contributed by atoms with Gasteiger partial charge in [-0.15, -0.1) is 0 Å². The van der Waals surface area contributed by atoms with Gasteiger partial charge in [-0.25, -0.2) is 9.59 Å². The molecule has 2 atom stereocenters. The normalized spacial score (nSPS) is 14.5. The van der Waals surface area contributed by atoms with Gasteiger partial charge in [0.05, 0.1) is 0 Å². The van der Waals surface area contributed by atoms with E-state index in [1.165, 1.54) is 0 Å². The molecule has 6 N–H and O–H groups in total. The second kappa shape index (κ2) is 6.27. The van der Waals surface area contributed by atoms with E-state index < -0.39 is 24.1 Å². The van der Waals surface area contributed by atoms with Gasteiger partial charge < -0.3 is 25.9 Å². The molecule has 0 fully saturated rings. The van der Waals surface area contributed by atoms with E-state index in [4.69, 9.17) is 21.1 Å². The second-order valence-corrected chi connectivity index (χ2v) is 2.33. The molecule has 14 heavy (non-hydrogen) atoms. The van der Waals surface area contributed by atoms with E-state index in [1.807, 2.05) is 0 Å². The van der Waals surface area contributed by atoms with Crippen molar-refractivity contribution in [2.45, 2.75) is 12.2 Å². The van der Waals surface area contributed by atoms with E-state index in [0.717, 1.165) is 0 Å². The predicted octanol–water partition coefficient (Wildman–Crippen LogP) is -3.20. The van der Waals surface area contributed by atoms with Crippen LogP contribution in [0.2, 0.25) is 0 Å². The number of nitrogens with one attached hydrogen (secondary N) is 1. The fourth-order valence-electron chi connectivity index (χ4n) is 0.505. The summed E-state index contributed by atoms with van der Waals surface area (Å²) in [5.41, 5.74) is 7.11. The van der Waals surface area contributed by atoms with Gasteiger partial charge in [0.25, 0.3) is 0 Å². The minimum absolute atomic E-state index is 0.154. The van der Waals surface area contributed by atoms with Crippen LogP contribution in [-0.4, -0.2) is 52.6 Å². The molecule has 0 saturated heterocycles. The fourth-order valence-corrected chi connectivity index (χ4v) is 0.505. The summed E-state index contributed by atoms with van der Waals surface area (Å²) in [4.78, 5) is 25.1. The lowest BCUT2D eigenvalue weighted by atomic mass is 10.2. The summed E-state index contributed by atoms with van der Waals surface area (Å²) in [7, 11) is 0. The third kappa shape index (κ3) is 4.14.